The first kappa shape index (κ1) is 73.3. The number of primary amides is 2. The summed E-state index contributed by atoms with van der Waals surface area (Å²) >= 11 is 12.3. The van der Waals surface area contributed by atoms with Gasteiger partial charge in [0.15, 0.2) is 17.3 Å². The number of carbonyl (C=O) groups excluding carboxylic acids is 7. The van der Waals surface area contributed by atoms with Crippen molar-refractivity contribution in [1.29, 1.82) is 0 Å². The van der Waals surface area contributed by atoms with Crippen molar-refractivity contribution in [3.63, 3.8) is 0 Å². The van der Waals surface area contributed by atoms with Crippen molar-refractivity contribution in [2.45, 2.75) is 231 Å². The minimum absolute atomic E-state index is 0. The normalized spacial score (nSPS) is 23.5. The maximum absolute atomic E-state index is 14.4. The highest BCUT2D eigenvalue weighted by atomic mass is 35.5. The van der Waals surface area contributed by atoms with Gasteiger partial charge in [-0.15, -0.1) is 0 Å². The van der Waals surface area contributed by atoms with Crippen LogP contribution < -0.4 is 43.8 Å². The number of aliphatic carboxylic acids is 1. The van der Waals surface area contributed by atoms with Gasteiger partial charge in [-0.1, -0.05) is 138 Å². The zero-order valence-electron chi connectivity index (χ0n) is 54.5. The van der Waals surface area contributed by atoms with Crippen LogP contribution in [0.2, 0.25) is 10.0 Å². The number of carboxylic acid groups (broad SMARTS) is 1. The maximum Gasteiger partial charge on any atom is 0.326 e. The molecule has 27 heteroatoms. The molecule has 25 nitrogen and oxygen atoms in total. The fraction of sp³-hybridized carbons (Fsp3) is 0.656. The van der Waals surface area contributed by atoms with Gasteiger partial charge in [0, 0.05) is 65.4 Å². The molecule has 2 saturated heterocycles. The largest absolute Gasteiger partial charge is 0.480 e. The fourth-order valence-electron chi connectivity index (χ4n) is 11.8. The van der Waals surface area contributed by atoms with Crippen molar-refractivity contribution in [3.8, 4) is 0 Å². The van der Waals surface area contributed by atoms with E-state index in [1.807, 2.05) is 95.2 Å². The van der Waals surface area contributed by atoms with Gasteiger partial charge in [-0.3, -0.25) is 24.0 Å². The van der Waals surface area contributed by atoms with Crippen molar-refractivity contribution < 1.29 is 64.8 Å². The predicted octanol–water partition coefficient (Wildman–Crippen LogP) is 5.83. The standard InChI is InChI=1S/C32H47ClN6O6.C24H33ClN4O5.C8H16N2O2.H2/c1-30(2,3)25(36-29(44)37-31(4,5)6)28(43)39-17-32(15-22(38-45-32)19-11-8-12-20(33)14-19)16-23(39)27(42)35-21(24(40)26(34)41)13-18-9-7-10-18;1-22(2,3)18(26-21(33)27-23(4,5)6)19(30)29-13-24(12-17(29)20(31)32)11-16(28-34-24)14-8-7-9-15(25)10-14;9-6(7(11)8(10)12)4-5-2-1-3-5;/h8,11-12,14,18,21,23-25,40H,7,9-10,13,15-17H2,1-6H3,(H2,34,41)(H,35,42)(H2,36,37,44);7-10,17-18H,11-13H2,1-6H3,(H,31,32)(H2,26,27,33);5-7,11H,1-4,9H2,(H2,10,12);1H/t21?,23-,24?,25+,32+;17-,18+,24+;;/m00../s1/i;;;1+1. The van der Waals surface area contributed by atoms with Gasteiger partial charge < -0.3 is 78.6 Å². The lowest BCUT2D eigenvalue weighted by Crippen LogP contribution is -2.61. The second kappa shape index (κ2) is 29.4. The number of benzene rings is 2. The van der Waals surface area contributed by atoms with E-state index in [1.165, 1.54) is 29.1 Å². The summed E-state index contributed by atoms with van der Waals surface area (Å²) in [7, 11) is 0. The number of aliphatic hydroxyl groups excluding tert-OH is 2. The van der Waals surface area contributed by atoms with Gasteiger partial charge in [-0.05, 0) is 101 Å². The highest BCUT2D eigenvalue weighted by Gasteiger charge is 2.57. The molecule has 0 radical (unpaired) electrons. The monoisotopic (exact) mass is 1310 g/mol. The number of nitrogens with zero attached hydrogens (tertiary/aromatic N) is 4. The number of urea groups is 2. The summed E-state index contributed by atoms with van der Waals surface area (Å²) in [6.07, 6.45) is 5.68. The average molecular weight is 1320 g/mol. The summed E-state index contributed by atoms with van der Waals surface area (Å²) in [5, 5.41) is 53.3. The molecule has 0 bridgehead atoms. The Balaban J connectivity index is 0.000000287. The second-order valence-electron chi connectivity index (χ2n) is 29.5. The fourth-order valence-corrected chi connectivity index (χ4v) is 12.2. The molecule has 91 heavy (non-hydrogen) atoms. The third-order valence-electron chi connectivity index (χ3n) is 17.0. The van der Waals surface area contributed by atoms with Crippen LogP contribution in [0.25, 0.3) is 0 Å². The molecule has 6 aliphatic rings. The third-order valence-corrected chi connectivity index (χ3v) is 17.5. The van der Waals surface area contributed by atoms with Gasteiger partial charge in [-0.25, -0.2) is 14.4 Å². The lowest BCUT2D eigenvalue weighted by atomic mass is 9.79. The van der Waals surface area contributed by atoms with E-state index in [0.29, 0.717) is 53.1 Å². The van der Waals surface area contributed by atoms with Gasteiger partial charge in [0.1, 0.15) is 30.3 Å². The zero-order valence-corrected chi connectivity index (χ0v) is 56.0. The molecule has 4 unspecified atom stereocenters. The molecule has 0 aromatic heterocycles. The molecule has 2 aromatic rings. The van der Waals surface area contributed by atoms with E-state index < -0.39 is 129 Å². The third kappa shape index (κ3) is 20.1. The Morgan fingerprint density at radius 3 is 1.37 bits per heavy atom. The summed E-state index contributed by atoms with van der Waals surface area (Å²) in [6.45, 7) is 22.0. The van der Waals surface area contributed by atoms with E-state index in [0.717, 1.165) is 30.4 Å². The van der Waals surface area contributed by atoms with Crippen LogP contribution >= 0.6 is 23.2 Å². The number of nitrogens with one attached hydrogen (secondary N) is 5. The molecule has 14 N–H and O–H groups in total. The molecule has 2 aliphatic carbocycles. The molecular weight excluding hydrogens is 1220 g/mol. The number of nitrogens with two attached hydrogens (primary N) is 3. The van der Waals surface area contributed by atoms with Gasteiger partial charge in [0.2, 0.25) is 29.5 Å². The van der Waals surface area contributed by atoms with Crippen LogP contribution in [0.4, 0.5) is 9.59 Å². The summed E-state index contributed by atoms with van der Waals surface area (Å²) in [6, 6.07) is 7.90. The molecule has 4 fully saturated rings. The van der Waals surface area contributed by atoms with E-state index >= 15 is 0 Å². The summed E-state index contributed by atoms with van der Waals surface area (Å²) < 4.78 is 0. The Bertz CT molecular complexity index is 3070. The van der Waals surface area contributed by atoms with Crippen molar-refractivity contribution in [2.75, 3.05) is 13.1 Å². The topological polar surface area (TPSA) is 385 Å². The van der Waals surface area contributed by atoms with Crippen LogP contribution in [0.3, 0.4) is 0 Å². The second-order valence-corrected chi connectivity index (χ2v) is 30.4. The lowest BCUT2D eigenvalue weighted by molar-refractivity contribution is -0.150. The van der Waals surface area contributed by atoms with E-state index in [4.69, 9.17) is 55.2 Å². The molecule has 8 rings (SSSR count). The van der Waals surface area contributed by atoms with Crippen LogP contribution in [-0.4, -0.2) is 168 Å². The van der Waals surface area contributed by atoms with Crippen LogP contribution in [0.5, 0.6) is 0 Å². The van der Waals surface area contributed by atoms with Gasteiger partial charge in [0.05, 0.1) is 30.6 Å². The molecule has 10 atom stereocenters. The molecular formula is C64H98Cl2N12O13. The summed E-state index contributed by atoms with van der Waals surface area (Å²) in [5.41, 5.74) is 14.4. The number of amides is 9. The SMILES string of the molecule is CC(C)(C)NC(=O)N[C@H](C(=O)N1C[C@@]2(CC(c3cccc(Cl)c3)=NO2)C[C@H]1C(=O)NC(CC1CCC1)C(O)C(N)=O)C(C)(C)C.CC(C)(C)NC(=O)N[C@H](C(=O)N1C[C@@]2(CC(c3cccc(Cl)c3)=NO2)C[C@H]1C(=O)O)C(C)(C)C.NC(=O)C(O)C(N)CC1CCC1.[2HH]. The van der Waals surface area contributed by atoms with E-state index in [9.17, 15) is 48.6 Å². The Hall–Kier alpha value is -6.80. The highest BCUT2D eigenvalue weighted by Crippen LogP contribution is 2.43. The van der Waals surface area contributed by atoms with Gasteiger partial charge in [0.25, 0.3) is 0 Å². The maximum atomic E-state index is 14.4. The number of hydrogen-bond acceptors (Lipinski definition) is 15. The first-order valence-corrected chi connectivity index (χ1v) is 31.9. The van der Waals surface area contributed by atoms with Crippen molar-refractivity contribution in [1.82, 2.24) is 36.4 Å². The van der Waals surface area contributed by atoms with E-state index in [2.05, 4.69) is 36.9 Å². The molecule has 506 valence electrons. The first-order valence-electron chi connectivity index (χ1n) is 31.1. The number of carboxylic acids is 1. The number of rotatable bonds is 17. The summed E-state index contributed by atoms with van der Waals surface area (Å²) in [4.78, 5) is 117. The first-order chi connectivity index (χ1) is 42.1. The summed E-state index contributed by atoms with van der Waals surface area (Å²) in [5.74, 6) is -3.42. The van der Waals surface area contributed by atoms with Crippen LogP contribution in [0.1, 0.15) is 173 Å². The Morgan fingerprint density at radius 1 is 0.626 bits per heavy atom. The predicted molar refractivity (Wildman–Crippen MR) is 346 cm³/mol. The van der Waals surface area contributed by atoms with Crippen molar-refractivity contribution in [2.24, 2.45) is 50.2 Å². The number of likely N-dealkylation sites (tertiary alicyclic amines) is 2. The van der Waals surface area contributed by atoms with Gasteiger partial charge >= 0.3 is 18.0 Å². The number of oxime groups is 2. The van der Waals surface area contributed by atoms with Crippen molar-refractivity contribution >= 4 is 82.2 Å². The lowest BCUT2D eigenvalue weighted by Gasteiger charge is -2.37. The average Bonchev–Trinajstić information content (AvgIpc) is 1.62. The number of carbonyl (C=O) groups is 8. The minimum atomic E-state index is -1.58. The Morgan fingerprint density at radius 2 is 1.02 bits per heavy atom. The molecule has 2 saturated carbocycles. The molecule has 9 amide bonds. The molecule has 4 aliphatic heterocycles. The van der Waals surface area contributed by atoms with Crippen LogP contribution in [-0.2, 0) is 38.4 Å². The number of aliphatic hydroxyl groups is 2. The quantitative estimate of drug-likeness (QED) is 0.0887. The molecule has 4 heterocycles. The molecule has 2 spiro atoms. The van der Waals surface area contributed by atoms with E-state index in [-0.39, 0.29) is 33.3 Å². The van der Waals surface area contributed by atoms with Crippen molar-refractivity contribution in [3.05, 3.63) is 69.7 Å². The van der Waals surface area contributed by atoms with E-state index in [1.54, 1.807) is 36.4 Å². The number of halogens is 2. The minimum Gasteiger partial charge on any atom is -0.480 e. The Kier molecular flexibility index (Phi) is 23.7. The van der Waals surface area contributed by atoms with Crippen LogP contribution in [0.15, 0.2) is 58.8 Å². The molecule has 2 aromatic carbocycles. The van der Waals surface area contributed by atoms with Gasteiger partial charge in [-0.2, -0.15) is 0 Å². The number of hydrogen-bond donors (Lipinski definition) is 11. The zero-order chi connectivity index (χ0) is 67.9. The van der Waals surface area contributed by atoms with Crippen LogP contribution in [0, 0.1) is 22.7 Å². The smallest absolute Gasteiger partial charge is 0.326 e. The Labute approximate surface area is 544 Å². The highest BCUT2D eigenvalue weighted by molar-refractivity contribution is 6.31.